The normalized spacial score (nSPS) is 14.9. The van der Waals surface area contributed by atoms with Crippen LogP contribution in [0.2, 0.25) is 0 Å². The molecule has 6 nitrogen and oxygen atoms in total. The summed E-state index contributed by atoms with van der Waals surface area (Å²) in [6, 6.07) is 1.26. The molecule has 0 unspecified atom stereocenters. The van der Waals surface area contributed by atoms with Crippen LogP contribution >= 0.6 is 0 Å². The van der Waals surface area contributed by atoms with Crippen molar-refractivity contribution in [3.8, 4) is 5.75 Å². The van der Waals surface area contributed by atoms with E-state index < -0.39 is 16.4 Å². The van der Waals surface area contributed by atoms with E-state index in [1.165, 1.54) is 12.3 Å². The fourth-order valence-electron chi connectivity index (χ4n) is 2.91. The minimum absolute atomic E-state index is 0.0106. The van der Waals surface area contributed by atoms with E-state index >= 15 is 0 Å². The van der Waals surface area contributed by atoms with Crippen molar-refractivity contribution in [3.63, 3.8) is 0 Å². The van der Waals surface area contributed by atoms with E-state index in [1.54, 1.807) is 0 Å². The number of hydrogen-bond donors (Lipinski definition) is 0. The fourth-order valence-corrected chi connectivity index (χ4v) is 2.91. The van der Waals surface area contributed by atoms with Crippen LogP contribution in [0.4, 0.5) is 5.69 Å². The van der Waals surface area contributed by atoms with Gasteiger partial charge in [-0.3, -0.25) is 15.1 Å². The molecule has 0 fully saturated rings. The van der Waals surface area contributed by atoms with Gasteiger partial charge in [-0.25, -0.2) is 0 Å². The van der Waals surface area contributed by atoms with Gasteiger partial charge in [-0.05, 0) is 38.9 Å². The van der Waals surface area contributed by atoms with Gasteiger partial charge < -0.3 is 9.52 Å². The highest BCUT2D eigenvalue weighted by atomic mass is 16.6. The summed E-state index contributed by atoms with van der Waals surface area (Å²) in [6.07, 6.45) is 5.18. The summed E-state index contributed by atoms with van der Waals surface area (Å²) in [5.74, 6) is 0.261. The third-order valence-corrected chi connectivity index (χ3v) is 3.91. The number of nitrogens with zero attached hydrogens (tertiary/aromatic N) is 2. The second-order valence-electron chi connectivity index (χ2n) is 5.85. The van der Waals surface area contributed by atoms with Crippen LogP contribution in [0.5, 0.6) is 5.75 Å². The lowest BCUT2D eigenvalue weighted by atomic mass is 9.93. The SMILES string of the molecule is CC(C)N=Cc1c([O-])c([N+](=O)[O-])cc2oc3c(c12)CCCC3. The summed E-state index contributed by atoms with van der Waals surface area (Å²) in [5.41, 5.74) is 1.26. The first-order valence-corrected chi connectivity index (χ1v) is 7.45. The maximum Gasteiger partial charge on any atom is 0.266 e. The van der Waals surface area contributed by atoms with Crippen LogP contribution in [0.1, 0.15) is 43.6 Å². The highest BCUT2D eigenvalue weighted by Crippen LogP contribution is 2.40. The Kier molecular flexibility index (Phi) is 3.60. The molecule has 1 aromatic carbocycles. The van der Waals surface area contributed by atoms with Gasteiger partial charge in [0.05, 0.1) is 11.0 Å². The molecule has 1 aliphatic carbocycles. The summed E-state index contributed by atoms with van der Waals surface area (Å²) < 4.78 is 5.78. The predicted molar refractivity (Wildman–Crippen MR) is 81.7 cm³/mol. The number of fused-ring (bicyclic) bond motifs is 3. The number of nitro groups is 1. The number of aliphatic imine (C=N–C) groups is 1. The van der Waals surface area contributed by atoms with Crippen LogP contribution in [0.25, 0.3) is 11.0 Å². The van der Waals surface area contributed by atoms with Gasteiger partial charge in [-0.2, -0.15) is 0 Å². The number of benzene rings is 1. The molecular formula is C16H17N2O4-. The lowest BCUT2D eigenvalue weighted by Gasteiger charge is -2.14. The average Bonchev–Trinajstić information content (AvgIpc) is 2.83. The van der Waals surface area contributed by atoms with Crippen molar-refractivity contribution in [2.45, 2.75) is 45.6 Å². The average molecular weight is 301 g/mol. The van der Waals surface area contributed by atoms with E-state index in [0.717, 1.165) is 37.0 Å². The molecule has 0 atom stereocenters. The van der Waals surface area contributed by atoms with Crippen molar-refractivity contribution < 1.29 is 14.4 Å². The first-order chi connectivity index (χ1) is 10.5. The van der Waals surface area contributed by atoms with Gasteiger partial charge in [0, 0.05) is 35.2 Å². The standard InChI is InChI=1S/C16H18N2O4/c1-9(2)17-8-11-15-10-5-3-4-6-13(10)22-14(15)7-12(16(11)19)18(20)21/h7-9,19H,3-6H2,1-2H3/p-1. The highest BCUT2D eigenvalue weighted by molar-refractivity contribution is 6.04. The highest BCUT2D eigenvalue weighted by Gasteiger charge is 2.23. The first kappa shape index (κ1) is 14.6. The van der Waals surface area contributed by atoms with Gasteiger partial charge >= 0.3 is 0 Å². The topological polar surface area (TPSA) is 91.7 Å². The number of aryl methyl sites for hydroxylation is 2. The molecule has 1 aromatic heterocycles. The Labute approximate surface area is 127 Å². The lowest BCUT2D eigenvalue weighted by molar-refractivity contribution is -0.398. The van der Waals surface area contributed by atoms with Gasteiger partial charge in [-0.1, -0.05) is 0 Å². The third-order valence-electron chi connectivity index (χ3n) is 3.91. The number of hydrogen-bond acceptors (Lipinski definition) is 5. The molecule has 2 aromatic rings. The Morgan fingerprint density at radius 3 is 2.77 bits per heavy atom. The summed E-state index contributed by atoms with van der Waals surface area (Å²) in [4.78, 5) is 14.7. The van der Waals surface area contributed by atoms with E-state index in [-0.39, 0.29) is 11.6 Å². The second-order valence-corrected chi connectivity index (χ2v) is 5.85. The van der Waals surface area contributed by atoms with Crippen molar-refractivity contribution >= 4 is 22.9 Å². The van der Waals surface area contributed by atoms with Crippen LogP contribution in [-0.2, 0) is 12.8 Å². The van der Waals surface area contributed by atoms with Crippen LogP contribution in [0.3, 0.4) is 0 Å². The van der Waals surface area contributed by atoms with Gasteiger partial charge in [0.2, 0.25) is 0 Å². The molecular weight excluding hydrogens is 284 g/mol. The van der Waals surface area contributed by atoms with Crippen molar-refractivity contribution in [2.75, 3.05) is 0 Å². The monoisotopic (exact) mass is 301 g/mol. The molecule has 22 heavy (non-hydrogen) atoms. The van der Waals surface area contributed by atoms with Crippen LogP contribution in [-0.4, -0.2) is 17.2 Å². The molecule has 1 heterocycles. The fraction of sp³-hybridized carbons (Fsp3) is 0.438. The maximum atomic E-state index is 12.4. The molecule has 0 spiro atoms. The Bertz CT molecular complexity index is 774. The van der Waals surface area contributed by atoms with Crippen LogP contribution in [0, 0.1) is 10.1 Å². The van der Waals surface area contributed by atoms with Crippen molar-refractivity contribution in [1.82, 2.24) is 0 Å². The van der Waals surface area contributed by atoms with Crippen molar-refractivity contribution in [1.29, 1.82) is 0 Å². The van der Waals surface area contributed by atoms with Crippen molar-refractivity contribution in [2.24, 2.45) is 4.99 Å². The summed E-state index contributed by atoms with van der Waals surface area (Å²) in [6.45, 7) is 3.78. The third kappa shape index (κ3) is 2.34. The lowest BCUT2D eigenvalue weighted by Crippen LogP contribution is -2.05. The zero-order valence-corrected chi connectivity index (χ0v) is 12.6. The maximum absolute atomic E-state index is 12.4. The van der Waals surface area contributed by atoms with Crippen molar-refractivity contribution in [3.05, 3.63) is 33.1 Å². The van der Waals surface area contributed by atoms with E-state index in [1.807, 2.05) is 13.8 Å². The number of nitro benzene ring substituents is 1. The molecule has 0 amide bonds. The molecule has 116 valence electrons. The van der Waals surface area contributed by atoms with Crippen LogP contribution < -0.4 is 5.11 Å². The molecule has 0 saturated heterocycles. The first-order valence-electron chi connectivity index (χ1n) is 7.45. The molecule has 0 saturated carbocycles. The Hall–Kier alpha value is -2.37. The number of furan rings is 1. The molecule has 6 heteroatoms. The quantitative estimate of drug-likeness (QED) is 0.494. The largest absolute Gasteiger partial charge is 0.867 e. The van der Waals surface area contributed by atoms with Gasteiger partial charge in [0.25, 0.3) is 5.69 Å². The Morgan fingerprint density at radius 1 is 1.36 bits per heavy atom. The van der Waals surface area contributed by atoms with Gasteiger partial charge in [0.15, 0.2) is 0 Å². The zero-order valence-electron chi connectivity index (χ0n) is 12.6. The second kappa shape index (κ2) is 5.44. The molecule has 0 bridgehead atoms. The minimum atomic E-state index is -0.657. The Morgan fingerprint density at radius 2 is 2.09 bits per heavy atom. The Balaban J connectivity index is 2.33. The summed E-state index contributed by atoms with van der Waals surface area (Å²) in [5, 5.41) is 24.3. The van der Waals surface area contributed by atoms with Crippen LogP contribution in [0.15, 0.2) is 15.5 Å². The zero-order chi connectivity index (χ0) is 15.9. The molecule has 0 aliphatic heterocycles. The van der Waals surface area contributed by atoms with E-state index in [2.05, 4.69) is 4.99 Å². The smallest absolute Gasteiger partial charge is 0.266 e. The van der Waals surface area contributed by atoms with E-state index in [4.69, 9.17) is 4.42 Å². The number of rotatable bonds is 3. The van der Waals surface area contributed by atoms with E-state index in [9.17, 15) is 15.2 Å². The minimum Gasteiger partial charge on any atom is -0.867 e. The van der Waals surface area contributed by atoms with Gasteiger partial charge in [0.1, 0.15) is 11.3 Å². The molecule has 1 aliphatic rings. The molecule has 0 N–H and O–H groups in total. The summed E-state index contributed by atoms with van der Waals surface area (Å²) >= 11 is 0. The van der Waals surface area contributed by atoms with Gasteiger partial charge in [-0.15, -0.1) is 0 Å². The van der Waals surface area contributed by atoms with E-state index in [0.29, 0.717) is 11.0 Å². The summed E-state index contributed by atoms with van der Waals surface area (Å²) in [7, 11) is 0. The predicted octanol–water partition coefficient (Wildman–Crippen LogP) is 3.12. The molecule has 0 radical (unpaired) electrons. The molecule has 3 rings (SSSR count).